The molecule has 1 N–H and O–H groups in total. The quantitative estimate of drug-likeness (QED) is 0.375. The third-order valence-corrected chi connectivity index (χ3v) is 6.12. The molecule has 0 unspecified atom stereocenters. The van der Waals surface area contributed by atoms with Gasteiger partial charge >= 0.3 is 0 Å². The molecule has 0 atom stereocenters. The fraction of sp³-hybridized carbons (Fsp3) is 0.130. The smallest absolute Gasteiger partial charge is 0.252 e. The highest BCUT2D eigenvalue weighted by molar-refractivity contribution is 9.11. The van der Waals surface area contributed by atoms with Crippen molar-refractivity contribution in [1.82, 2.24) is 10.3 Å². The molecular weight excluding hydrogens is 448 g/mol. The van der Waals surface area contributed by atoms with Crippen LogP contribution in [0.5, 0.6) is 5.75 Å². The third kappa shape index (κ3) is 4.49. The van der Waals surface area contributed by atoms with Gasteiger partial charge in [0.2, 0.25) is 0 Å². The Morgan fingerprint density at radius 1 is 1.10 bits per heavy atom. The zero-order chi connectivity index (χ0) is 20.2. The molecular formula is C23H19BrN2O2S. The highest BCUT2D eigenvalue weighted by atomic mass is 79.9. The van der Waals surface area contributed by atoms with Gasteiger partial charge in [0.25, 0.3) is 5.91 Å². The number of halogens is 1. The van der Waals surface area contributed by atoms with Crippen molar-refractivity contribution in [2.75, 3.05) is 6.61 Å². The van der Waals surface area contributed by atoms with Gasteiger partial charge in [-0.1, -0.05) is 30.3 Å². The number of rotatable bonds is 6. The number of ether oxygens (including phenoxy) is 1. The molecule has 1 amide bonds. The first-order valence-corrected chi connectivity index (χ1v) is 10.9. The van der Waals surface area contributed by atoms with Crippen LogP contribution < -0.4 is 10.1 Å². The van der Waals surface area contributed by atoms with Crippen molar-refractivity contribution in [3.8, 4) is 16.3 Å². The molecule has 29 heavy (non-hydrogen) atoms. The average Bonchev–Trinajstić information content (AvgIpc) is 3.19. The SMILES string of the molecule is CCOc1ccc(CNC(=O)c2cc(-c3ccc(Br)s3)nc3ccccc23)cc1. The van der Waals surface area contributed by atoms with E-state index in [1.54, 1.807) is 11.3 Å². The zero-order valence-electron chi connectivity index (χ0n) is 15.8. The summed E-state index contributed by atoms with van der Waals surface area (Å²) >= 11 is 5.09. The lowest BCUT2D eigenvalue weighted by Gasteiger charge is -2.10. The number of hydrogen-bond acceptors (Lipinski definition) is 4. The van der Waals surface area contributed by atoms with Gasteiger partial charge in [-0.2, -0.15) is 0 Å². The summed E-state index contributed by atoms with van der Waals surface area (Å²) in [6, 6.07) is 21.4. The second-order valence-electron chi connectivity index (χ2n) is 6.44. The van der Waals surface area contributed by atoms with Gasteiger partial charge in [0.1, 0.15) is 5.75 Å². The normalized spacial score (nSPS) is 10.8. The maximum atomic E-state index is 13.0. The maximum absolute atomic E-state index is 13.0. The zero-order valence-corrected chi connectivity index (χ0v) is 18.2. The number of benzene rings is 2. The molecule has 0 aliphatic carbocycles. The van der Waals surface area contributed by atoms with Crippen molar-refractivity contribution < 1.29 is 9.53 Å². The van der Waals surface area contributed by atoms with Gasteiger partial charge < -0.3 is 10.1 Å². The van der Waals surface area contributed by atoms with Crippen molar-refractivity contribution >= 4 is 44.1 Å². The highest BCUT2D eigenvalue weighted by Crippen LogP contribution is 2.32. The molecule has 2 aromatic carbocycles. The first kappa shape index (κ1) is 19.6. The number of hydrogen-bond donors (Lipinski definition) is 1. The number of carbonyl (C=O) groups is 1. The topological polar surface area (TPSA) is 51.2 Å². The van der Waals surface area contributed by atoms with Crippen molar-refractivity contribution in [3.05, 3.63) is 81.6 Å². The first-order valence-electron chi connectivity index (χ1n) is 9.29. The monoisotopic (exact) mass is 466 g/mol. The molecule has 4 rings (SSSR count). The van der Waals surface area contributed by atoms with Gasteiger partial charge in [0, 0.05) is 11.9 Å². The Morgan fingerprint density at radius 2 is 1.90 bits per heavy atom. The van der Waals surface area contributed by atoms with Gasteiger partial charge in [-0.15, -0.1) is 11.3 Å². The van der Waals surface area contributed by atoms with E-state index >= 15 is 0 Å². The summed E-state index contributed by atoms with van der Waals surface area (Å²) in [5, 5.41) is 3.87. The lowest BCUT2D eigenvalue weighted by atomic mass is 10.1. The number of pyridine rings is 1. The van der Waals surface area contributed by atoms with E-state index in [0.29, 0.717) is 18.7 Å². The van der Waals surface area contributed by atoms with E-state index in [2.05, 4.69) is 21.2 Å². The summed E-state index contributed by atoms with van der Waals surface area (Å²) in [4.78, 5) is 18.8. The molecule has 4 nitrogen and oxygen atoms in total. The van der Waals surface area contributed by atoms with Gasteiger partial charge in [-0.05, 0) is 64.8 Å². The van der Waals surface area contributed by atoms with E-state index < -0.39 is 0 Å². The second kappa shape index (κ2) is 8.76. The summed E-state index contributed by atoms with van der Waals surface area (Å²) in [6.07, 6.45) is 0. The van der Waals surface area contributed by atoms with Crippen molar-refractivity contribution in [3.63, 3.8) is 0 Å². The van der Waals surface area contributed by atoms with Gasteiger partial charge in [-0.3, -0.25) is 4.79 Å². The van der Waals surface area contributed by atoms with Crippen LogP contribution in [0.4, 0.5) is 0 Å². The molecule has 0 radical (unpaired) electrons. The minimum absolute atomic E-state index is 0.116. The number of amides is 1. The van der Waals surface area contributed by atoms with Crippen LogP contribution in [0.15, 0.2) is 70.5 Å². The molecule has 4 aromatic rings. The Balaban J connectivity index is 1.60. The number of fused-ring (bicyclic) bond motifs is 1. The Hall–Kier alpha value is -2.70. The van der Waals surface area contributed by atoms with Crippen LogP contribution in [0.3, 0.4) is 0 Å². The number of para-hydroxylation sites is 1. The number of carbonyl (C=O) groups excluding carboxylic acids is 1. The summed E-state index contributed by atoms with van der Waals surface area (Å²) in [7, 11) is 0. The van der Waals surface area contributed by atoms with E-state index in [4.69, 9.17) is 9.72 Å². The van der Waals surface area contributed by atoms with E-state index in [1.807, 2.05) is 73.7 Å². The fourth-order valence-electron chi connectivity index (χ4n) is 3.09. The minimum Gasteiger partial charge on any atom is -0.494 e. The van der Waals surface area contributed by atoms with Crippen LogP contribution in [0.2, 0.25) is 0 Å². The van der Waals surface area contributed by atoms with Crippen LogP contribution >= 0.6 is 27.3 Å². The molecule has 2 aromatic heterocycles. The predicted octanol–water partition coefficient (Wildman–Crippen LogP) is 6.05. The molecule has 146 valence electrons. The summed E-state index contributed by atoms with van der Waals surface area (Å²) in [5.41, 5.74) is 3.25. The predicted molar refractivity (Wildman–Crippen MR) is 122 cm³/mol. The second-order valence-corrected chi connectivity index (χ2v) is 8.90. The lowest BCUT2D eigenvalue weighted by Crippen LogP contribution is -2.23. The molecule has 0 bridgehead atoms. The molecule has 0 fully saturated rings. The Morgan fingerprint density at radius 3 is 2.62 bits per heavy atom. The summed E-state index contributed by atoms with van der Waals surface area (Å²) in [6.45, 7) is 3.03. The van der Waals surface area contributed by atoms with Crippen molar-refractivity contribution in [2.45, 2.75) is 13.5 Å². The molecule has 0 saturated heterocycles. The third-order valence-electron chi connectivity index (χ3n) is 4.47. The number of nitrogens with zero attached hydrogens (tertiary/aromatic N) is 1. The Bertz CT molecular complexity index is 1160. The minimum atomic E-state index is -0.116. The van der Waals surface area contributed by atoms with E-state index in [9.17, 15) is 4.79 Å². The maximum Gasteiger partial charge on any atom is 0.252 e. The number of aromatic nitrogens is 1. The Kier molecular flexibility index (Phi) is 5.92. The number of nitrogens with one attached hydrogen (secondary N) is 1. The largest absolute Gasteiger partial charge is 0.494 e. The molecule has 0 saturated carbocycles. The van der Waals surface area contributed by atoms with E-state index in [-0.39, 0.29) is 5.91 Å². The van der Waals surface area contributed by atoms with Crippen LogP contribution in [0.1, 0.15) is 22.8 Å². The van der Waals surface area contributed by atoms with Gasteiger partial charge in [0.05, 0.1) is 32.0 Å². The van der Waals surface area contributed by atoms with Crippen LogP contribution in [-0.4, -0.2) is 17.5 Å². The molecule has 0 spiro atoms. The van der Waals surface area contributed by atoms with Crippen molar-refractivity contribution in [2.24, 2.45) is 0 Å². The molecule has 6 heteroatoms. The van der Waals surface area contributed by atoms with Gasteiger partial charge in [0.15, 0.2) is 0 Å². The average molecular weight is 467 g/mol. The highest BCUT2D eigenvalue weighted by Gasteiger charge is 2.14. The standard InChI is InChI=1S/C23H19BrN2O2S/c1-2-28-16-9-7-15(8-10-16)14-25-23(27)18-13-20(21-11-12-22(24)29-21)26-19-6-4-3-5-17(18)19/h3-13H,2,14H2,1H3,(H,25,27). The Labute approximate surface area is 181 Å². The van der Waals surface area contributed by atoms with Gasteiger partial charge in [-0.25, -0.2) is 4.98 Å². The van der Waals surface area contributed by atoms with Crippen LogP contribution in [0.25, 0.3) is 21.5 Å². The van der Waals surface area contributed by atoms with Crippen LogP contribution in [-0.2, 0) is 6.54 Å². The summed E-state index contributed by atoms with van der Waals surface area (Å²) in [5.74, 6) is 0.712. The number of thiophene rings is 1. The molecule has 0 aliphatic heterocycles. The molecule has 2 heterocycles. The van der Waals surface area contributed by atoms with E-state index in [0.717, 1.165) is 36.6 Å². The van der Waals surface area contributed by atoms with Crippen LogP contribution in [0, 0.1) is 0 Å². The lowest BCUT2D eigenvalue weighted by molar-refractivity contribution is 0.0952. The van der Waals surface area contributed by atoms with Crippen molar-refractivity contribution in [1.29, 1.82) is 0 Å². The summed E-state index contributed by atoms with van der Waals surface area (Å²) < 4.78 is 6.50. The first-order chi connectivity index (χ1) is 14.1. The fourth-order valence-corrected chi connectivity index (χ4v) is 4.44. The van der Waals surface area contributed by atoms with E-state index in [1.165, 1.54) is 0 Å². The molecule has 0 aliphatic rings.